The molecule has 220 valence electrons. The Balaban J connectivity index is 2.03. The molecule has 0 fully saturated rings. The Morgan fingerprint density at radius 1 is 1.00 bits per heavy atom. The third-order valence-corrected chi connectivity index (χ3v) is 12.8. The Labute approximate surface area is 239 Å². The van der Waals surface area contributed by atoms with Gasteiger partial charge in [-0.15, -0.1) is 0 Å². The lowest BCUT2D eigenvalue weighted by Gasteiger charge is -2.42. The van der Waals surface area contributed by atoms with Gasteiger partial charge in [-0.3, -0.25) is 0 Å². The maximum absolute atomic E-state index is 16.0. The fourth-order valence-electron chi connectivity index (χ4n) is 4.75. The van der Waals surface area contributed by atoms with Crippen molar-refractivity contribution in [3.63, 3.8) is 0 Å². The van der Waals surface area contributed by atoms with Crippen molar-refractivity contribution in [3.05, 3.63) is 57.2 Å². The van der Waals surface area contributed by atoms with E-state index in [1.54, 1.807) is 6.92 Å². The van der Waals surface area contributed by atoms with E-state index >= 15 is 13.2 Å². The van der Waals surface area contributed by atoms with Crippen molar-refractivity contribution in [1.82, 2.24) is 15.0 Å². The number of hydrogen-bond donors (Lipinski definition) is 1. The van der Waals surface area contributed by atoms with Gasteiger partial charge < -0.3 is 9.74 Å². The van der Waals surface area contributed by atoms with Crippen molar-refractivity contribution in [1.29, 1.82) is 0 Å². The van der Waals surface area contributed by atoms with Crippen LogP contribution in [0.1, 0.15) is 70.2 Å². The summed E-state index contributed by atoms with van der Waals surface area (Å²) in [6.45, 7) is 11.4. The molecule has 0 aliphatic heterocycles. The molecule has 5 nitrogen and oxygen atoms in total. The van der Waals surface area contributed by atoms with Gasteiger partial charge in [-0.05, 0) is 73.9 Å². The van der Waals surface area contributed by atoms with E-state index in [9.17, 15) is 13.2 Å². The third-order valence-electron chi connectivity index (χ3n) is 7.37. The van der Waals surface area contributed by atoms with Crippen LogP contribution in [0, 0.1) is 12.7 Å². The van der Waals surface area contributed by atoms with E-state index in [-0.39, 0.29) is 32.7 Å². The van der Waals surface area contributed by atoms with E-state index in [4.69, 9.17) is 4.43 Å². The molecule has 0 bridgehead atoms. The molecule has 1 aromatic carbocycles. The number of fused-ring (bicyclic) bond motifs is 1. The highest BCUT2D eigenvalue weighted by molar-refractivity contribution is 9.10. The zero-order chi connectivity index (χ0) is 30.3. The number of aromatic nitrogens is 3. The number of hydrogen-bond acceptors (Lipinski definition) is 5. The van der Waals surface area contributed by atoms with Crippen molar-refractivity contribution in [2.75, 3.05) is 5.32 Å². The molecule has 3 rings (SSSR count). The van der Waals surface area contributed by atoms with Crippen molar-refractivity contribution < 1.29 is 30.8 Å². The number of benzene rings is 1. The van der Waals surface area contributed by atoms with Crippen molar-refractivity contribution in [2.24, 2.45) is 0 Å². The first kappa shape index (κ1) is 32.3. The number of alkyl halides is 5. The molecule has 2 aromatic heterocycles. The molecule has 13 heteroatoms. The van der Waals surface area contributed by atoms with Crippen LogP contribution >= 0.6 is 15.9 Å². The minimum absolute atomic E-state index is 0.0682. The average Bonchev–Trinajstić information content (AvgIpc) is 2.86. The second kappa shape index (κ2) is 11.6. The Hall–Kier alpha value is -2.25. The van der Waals surface area contributed by atoms with Crippen LogP contribution in [0.2, 0.25) is 18.1 Å². The van der Waals surface area contributed by atoms with Crippen LogP contribution in [0.4, 0.5) is 32.2 Å². The Morgan fingerprint density at radius 3 is 2.15 bits per heavy atom. The Kier molecular flexibility index (Phi) is 9.32. The van der Waals surface area contributed by atoms with E-state index in [0.717, 1.165) is 6.07 Å². The van der Waals surface area contributed by atoms with Gasteiger partial charge >= 0.3 is 12.1 Å². The number of aryl methyl sites for hydroxylation is 1. The first-order chi connectivity index (χ1) is 18.4. The number of rotatable bonds is 10. The molecular weight excluding hydrogens is 618 g/mol. The molecule has 0 spiro atoms. The van der Waals surface area contributed by atoms with Crippen LogP contribution in [-0.2, 0) is 16.5 Å². The predicted octanol–water partition coefficient (Wildman–Crippen LogP) is 9.32. The second-order valence-electron chi connectivity index (χ2n) is 10.3. The largest absolute Gasteiger partial charge is 0.434 e. The average molecular weight is 652 g/mol. The first-order valence-corrected chi connectivity index (χ1v) is 16.3. The first-order valence-electron chi connectivity index (χ1n) is 13.0. The van der Waals surface area contributed by atoms with Crippen LogP contribution in [0.5, 0.6) is 0 Å². The van der Waals surface area contributed by atoms with Crippen molar-refractivity contribution in [2.45, 2.75) is 90.3 Å². The highest BCUT2D eigenvalue weighted by Crippen LogP contribution is 2.46. The van der Waals surface area contributed by atoms with Crippen LogP contribution in [0.15, 0.2) is 28.7 Å². The SMILES string of the molecule is CC[Si](CC)(CC)OC(C)(C)C(F)(F)c1cccc(C(C)Nc2nc(C)nc3nc(C(F)(F)F)c(Br)cc23)c1F. The standard InChI is InChI=1S/C27H33BrF6N4OSi/c1-8-40(9-2,10-3)39-25(6,7)26(30,31)19-13-11-12-17(21(19)29)15(4)35-23-18-14-20(28)22(27(32,33)34)38-24(18)37-16(5)36-23/h11-15H,8-10H2,1-7H3,(H,35,36,37,38). The lowest BCUT2D eigenvalue weighted by atomic mass is 9.91. The van der Waals surface area contributed by atoms with Crippen molar-refractivity contribution >= 4 is 41.1 Å². The molecule has 1 unspecified atom stereocenters. The second-order valence-corrected chi connectivity index (χ2v) is 15.9. The summed E-state index contributed by atoms with van der Waals surface area (Å²) in [5.74, 6) is -4.55. The van der Waals surface area contributed by atoms with Gasteiger partial charge in [0.2, 0.25) is 0 Å². The summed E-state index contributed by atoms with van der Waals surface area (Å²) in [4.78, 5) is 11.9. The molecule has 0 aliphatic carbocycles. The van der Waals surface area contributed by atoms with Gasteiger partial charge in [0.05, 0.1) is 17.0 Å². The molecule has 2 heterocycles. The molecular formula is C27H33BrF6N4OSi. The molecule has 40 heavy (non-hydrogen) atoms. The van der Waals surface area contributed by atoms with Gasteiger partial charge in [0.1, 0.15) is 23.1 Å². The minimum atomic E-state index is -4.72. The maximum Gasteiger partial charge on any atom is 0.434 e. The van der Waals surface area contributed by atoms with Gasteiger partial charge in [0, 0.05) is 10.0 Å². The molecule has 0 radical (unpaired) electrons. The monoisotopic (exact) mass is 650 g/mol. The zero-order valence-corrected chi connectivity index (χ0v) is 26.0. The number of anilines is 1. The molecule has 1 atom stereocenters. The van der Waals surface area contributed by atoms with E-state index in [2.05, 4.69) is 36.2 Å². The lowest BCUT2D eigenvalue weighted by molar-refractivity contribution is -0.161. The Morgan fingerprint density at radius 2 is 1.60 bits per heavy atom. The number of halogens is 7. The smallest absolute Gasteiger partial charge is 0.405 e. The molecule has 0 amide bonds. The number of pyridine rings is 1. The van der Waals surface area contributed by atoms with Crippen LogP contribution in [-0.4, -0.2) is 28.9 Å². The molecule has 0 aliphatic rings. The summed E-state index contributed by atoms with van der Waals surface area (Å²) < 4.78 is 93.7. The third kappa shape index (κ3) is 6.15. The normalized spacial score (nSPS) is 14.1. The van der Waals surface area contributed by atoms with E-state index < -0.39 is 49.1 Å². The van der Waals surface area contributed by atoms with Crippen LogP contribution in [0.25, 0.3) is 11.0 Å². The highest BCUT2D eigenvalue weighted by atomic mass is 79.9. The van der Waals surface area contributed by atoms with Crippen LogP contribution < -0.4 is 5.32 Å². The summed E-state index contributed by atoms with van der Waals surface area (Å²) >= 11 is 2.90. The molecule has 3 aromatic rings. The van der Waals surface area contributed by atoms with Crippen molar-refractivity contribution in [3.8, 4) is 0 Å². The zero-order valence-electron chi connectivity index (χ0n) is 23.4. The maximum atomic E-state index is 16.0. The van der Waals surface area contributed by atoms with Gasteiger partial charge in [0.25, 0.3) is 0 Å². The fourth-order valence-corrected chi connectivity index (χ4v) is 8.44. The van der Waals surface area contributed by atoms with E-state index in [0.29, 0.717) is 18.1 Å². The fraction of sp³-hybridized carbons (Fsp3) is 0.519. The summed E-state index contributed by atoms with van der Waals surface area (Å²) in [6, 6.07) is 6.01. The quantitative estimate of drug-likeness (QED) is 0.175. The highest BCUT2D eigenvalue weighted by Gasteiger charge is 2.54. The van der Waals surface area contributed by atoms with Gasteiger partial charge in [0.15, 0.2) is 19.7 Å². The topological polar surface area (TPSA) is 59.9 Å². The molecule has 1 N–H and O–H groups in total. The minimum Gasteiger partial charge on any atom is -0.405 e. The van der Waals surface area contributed by atoms with Gasteiger partial charge in [-0.25, -0.2) is 19.3 Å². The van der Waals surface area contributed by atoms with Gasteiger partial charge in [-0.1, -0.05) is 32.9 Å². The van der Waals surface area contributed by atoms with E-state index in [1.807, 2.05) is 20.8 Å². The number of nitrogens with one attached hydrogen (secondary N) is 1. The summed E-state index contributed by atoms with van der Waals surface area (Å²) in [7, 11) is -2.46. The summed E-state index contributed by atoms with van der Waals surface area (Å²) in [5.41, 5.74) is -4.19. The molecule has 0 saturated carbocycles. The summed E-state index contributed by atoms with van der Waals surface area (Å²) in [6.07, 6.45) is -4.72. The molecule has 0 saturated heterocycles. The predicted molar refractivity (Wildman–Crippen MR) is 149 cm³/mol. The summed E-state index contributed by atoms with van der Waals surface area (Å²) in [5, 5.41) is 3.10. The van der Waals surface area contributed by atoms with Crippen LogP contribution in [0.3, 0.4) is 0 Å². The van der Waals surface area contributed by atoms with Gasteiger partial charge in [-0.2, -0.15) is 22.0 Å². The Bertz CT molecular complexity index is 1370. The lowest BCUT2D eigenvalue weighted by Crippen LogP contribution is -2.52. The number of nitrogens with zero attached hydrogens (tertiary/aromatic N) is 3. The van der Waals surface area contributed by atoms with E-state index in [1.165, 1.54) is 39.0 Å².